The zero-order valence-corrected chi connectivity index (χ0v) is 13.4. The number of halogens is 1. The molecule has 0 saturated carbocycles. The Kier molecular flexibility index (Phi) is 8.61. The van der Waals surface area contributed by atoms with E-state index in [0.29, 0.717) is 6.42 Å². The number of carbonyl (C=O) groups excluding carboxylic acids is 3. The molecule has 6 N–H and O–H groups in total. The Labute approximate surface area is 139 Å². The third kappa shape index (κ3) is 6.50. The number of guanidine groups is 1. The number of likely N-dealkylation sites (N-methyl/N-ethyl adjacent to an activating group) is 1. The maximum absolute atomic E-state index is 12.1. The number of nitrogens with zero attached hydrogens (tertiary/aromatic N) is 3. The van der Waals surface area contributed by atoms with Gasteiger partial charge in [-0.25, -0.2) is 9.79 Å². The molecule has 23 heavy (non-hydrogen) atoms. The Morgan fingerprint density at radius 2 is 2.26 bits per heavy atom. The molecule has 0 fully saturated rings. The minimum atomic E-state index is -0.842. The number of amides is 4. The molecule has 0 aromatic heterocycles. The average Bonchev–Trinajstić information content (AvgIpc) is 2.43. The van der Waals surface area contributed by atoms with E-state index in [1.807, 2.05) is 6.07 Å². The molecular weight excluding hydrogens is 326 g/mol. The summed E-state index contributed by atoms with van der Waals surface area (Å²) in [6, 6.07) is -0.0985. The highest BCUT2D eigenvalue weighted by molar-refractivity contribution is 6.07. The van der Waals surface area contributed by atoms with Crippen molar-refractivity contribution in [1.82, 2.24) is 15.5 Å². The van der Waals surface area contributed by atoms with Gasteiger partial charge in [-0.15, -0.1) is 12.4 Å². The van der Waals surface area contributed by atoms with E-state index in [2.05, 4.69) is 15.6 Å². The molecule has 10 nitrogen and oxygen atoms in total. The Balaban J connectivity index is 0.00000484. The Hall–Kier alpha value is -2.38. The summed E-state index contributed by atoms with van der Waals surface area (Å²) in [4.78, 5) is 39.9. The van der Waals surface area contributed by atoms with E-state index >= 15 is 0 Å². The minimum absolute atomic E-state index is 0. The molecule has 0 aromatic rings. The normalized spacial score (nSPS) is 17.7. The molecule has 11 heteroatoms. The lowest BCUT2D eigenvalue weighted by Crippen LogP contribution is -2.58. The summed E-state index contributed by atoms with van der Waals surface area (Å²) < 4.78 is 0. The summed E-state index contributed by atoms with van der Waals surface area (Å²) in [6.07, 6.45) is 0.727. The van der Waals surface area contributed by atoms with Gasteiger partial charge < -0.3 is 16.4 Å². The highest BCUT2D eigenvalue weighted by Gasteiger charge is 2.31. The third-order valence-corrected chi connectivity index (χ3v) is 3.13. The molecule has 2 atom stereocenters. The van der Waals surface area contributed by atoms with Gasteiger partial charge >= 0.3 is 6.03 Å². The predicted octanol–water partition coefficient (Wildman–Crippen LogP) is -1.59. The van der Waals surface area contributed by atoms with Crippen molar-refractivity contribution in [2.75, 3.05) is 13.6 Å². The largest absolute Gasteiger partial charge is 0.351 e. The molecule has 1 aliphatic heterocycles. The fourth-order valence-corrected chi connectivity index (χ4v) is 1.88. The second-order valence-electron chi connectivity index (χ2n) is 4.85. The van der Waals surface area contributed by atoms with Crippen LogP contribution >= 0.6 is 12.4 Å². The van der Waals surface area contributed by atoms with Crippen LogP contribution in [0, 0.1) is 11.3 Å². The van der Waals surface area contributed by atoms with Gasteiger partial charge in [0.2, 0.25) is 11.9 Å². The van der Waals surface area contributed by atoms with Gasteiger partial charge in [0.1, 0.15) is 6.04 Å². The van der Waals surface area contributed by atoms with Gasteiger partial charge in [0.25, 0.3) is 5.91 Å². The van der Waals surface area contributed by atoms with Crippen LogP contribution in [0.4, 0.5) is 4.79 Å². The van der Waals surface area contributed by atoms with Crippen molar-refractivity contribution >= 4 is 36.2 Å². The lowest BCUT2D eigenvalue weighted by atomic mass is 10.1. The van der Waals surface area contributed by atoms with Crippen LogP contribution < -0.4 is 22.1 Å². The van der Waals surface area contributed by atoms with Crippen molar-refractivity contribution in [3.63, 3.8) is 0 Å². The quantitative estimate of drug-likeness (QED) is 0.470. The zero-order valence-electron chi connectivity index (χ0n) is 12.6. The first-order valence-corrected chi connectivity index (χ1v) is 6.65. The third-order valence-electron chi connectivity index (χ3n) is 3.13. The van der Waals surface area contributed by atoms with Gasteiger partial charge in [0.15, 0.2) is 0 Å². The summed E-state index contributed by atoms with van der Waals surface area (Å²) in [7, 11) is 1.48. The SMILES string of the molecule is CN(C(=O)CC(N)CCC#N)C1CN=C(NC(N)=O)NC1=O.Cl. The monoisotopic (exact) mass is 345 g/mol. The average molecular weight is 346 g/mol. The molecule has 0 radical (unpaired) electrons. The molecule has 0 saturated heterocycles. The van der Waals surface area contributed by atoms with Crippen LogP contribution in [-0.2, 0) is 9.59 Å². The number of nitrogens with two attached hydrogens (primary N) is 2. The maximum Gasteiger partial charge on any atom is 0.318 e. The molecule has 0 aliphatic carbocycles. The number of urea groups is 1. The van der Waals surface area contributed by atoms with Crippen molar-refractivity contribution in [3.05, 3.63) is 0 Å². The number of rotatable bonds is 5. The fraction of sp³-hybridized carbons (Fsp3) is 0.583. The fourth-order valence-electron chi connectivity index (χ4n) is 1.88. The zero-order chi connectivity index (χ0) is 16.7. The molecular formula is C12H20ClN7O3. The van der Waals surface area contributed by atoms with Gasteiger partial charge in [-0.2, -0.15) is 5.26 Å². The van der Waals surface area contributed by atoms with E-state index in [-0.39, 0.29) is 43.7 Å². The Bertz CT molecular complexity index is 531. The first kappa shape index (κ1) is 20.6. The molecule has 4 amide bonds. The number of hydrogen-bond donors (Lipinski definition) is 4. The van der Waals surface area contributed by atoms with Crippen molar-refractivity contribution in [2.24, 2.45) is 16.5 Å². The highest BCUT2D eigenvalue weighted by atomic mass is 35.5. The summed E-state index contributed by atoms with van der Waals surface area (Å²) in [5.74, 6) is -0.826. The first-order valence-electron chi connectivity index (χ1n) is 6.65. The predicted molar refractivity (Wildman–Crippen MR) is 84.4 cm³/mol. The van der Waals surface area contributed by atoms with Gasteiger partial charge in [-0.05, 0) is 6.42 Å². The van der Waals surface area contributed by atoms with Crippen LogP contribution in [0.2, 0.25) is 0 Å². The van der Waals surface area contributed by atoms with E-state index in [9.17, 15) is 14.4 Å². The maximum atomic E-state index is 12.1. The summed E-state index contributed by atoms with van der Waals surface area (Å²) in [6.45, 7) is 0.0110. The van der Waals surface area contributed by atoms with Crippen molar-refractivity contribution in [3.8, 4) is 6.07 Å². The highest BCUT2D eigenvalue weighted by Crippen LogP contribution is 2.07. The summed E-state index contributed by atoms with van der Waals surface area (Å²) in [5, 5.41) is 13.0. The van der Waals surface area contributed by atoms with Crippen LogP contribution in [-0.4, -0.2) is 54.4 Å². The van der Waals surface area contributed by atoms with Crippen molar-refractivity contribution in [2.45, 2.75) is 31.3 Å². The molecule has 2 unspecified atom stereocenters. The standard InChI is InChI=1S/C12H19N7O3.ClH/c1-19(9(20)5-7(14)3-2-4-13)8-6-16-12(17-10(8)21)18-11(15)22;/h7-8H,2-3,5-6,14H2,1H3,(H4,15,16,17,18,21,22);1H. The van der Waals surface area contributed by atoms with Gasteiger partial charge in [-0.1, -0.05) is 0 Å². The Morgan fingerprint density at radius 3 is 2.78 bits per heavy atom. The minimum Gasteiger partial charge on any atom is -0.351 e. The number of carbonyl (C=O) groups is 3. The van der Waals surface area contributed by atoms with E-state index in [1.54, 1.807) is 0 Å². The number of hydrogen-bond acceptors (Lipinski definition) is 6. The van der Waals surface area contributed by atoms with Gasteiger partial charge in [0.05, 0.1) is 12.6 Å². The van der Waals surface area contributed by atoms with Crippen molar-refractivity contribution < 1.29 is 14.4 Å². The van der Waals surface area contributed by atoms with E-state index in [0.717, 1.165) is 0 Å². The smallest absolute Gasteiger partial charge is 0.318 e. The van der Waals surface area contributed by atoms with Crippen LogP contribution in [0.25, 0.3) is 0 Å². The van der Waals surface area contributed by atoms with E-state index in [4.69, 9.17) is 16.7 Å². The molecule has 1 rings (SSSR count). The molecule has 1 aliphatic rings. The second-order valence-corrected chi connectivity index (χ2v) is 4.85. The molecule has 0 spiro atoms. The number of aliphatic imine (C=N–C) groups is 1. The molecule has 0 aromatic carbocycles. The Morgan fingerprint density at radius 1 is 1.61 bits per heavy atom. The van der Waals surface area contributed by atoms with Crippen LogP contribution in [0.3, 0.4) is 0 Å². The van der Waals surface area contributed by atoms with Gasteiger partial charge in [-0.3, -0.25) is 20.2 Å². The molecule has 1 heterocycles. The lowest BCUT2D eigenvalue weighted by molar-refractivity contribution is -0.138. The number of nitrogens with one attached hydrogen (secondary N) is 2. The van der Waals surface area contributed by atoms with Crippen LogP contribution in [0.15, 0.2) is 4.99 Å². The van der Waals surface area contributed by atoms with Crippen LogP contribution in [0.1, 0.15) is 19.3 Å². The second kappa shape index (κ2) is 9.60. The summed E-state index contributed by atoms with van der Waals surface area (Å²) in [5.41, 5.74) is 10.7. The first-order chi connectivity index (χ1) is 10.3. The number of nitriles is 1. The lowest BCUT2D eigenvalue weighted by Gasteiger charge is -2.29. The molecule has 0 bridgehead atoms. The number of primary amides is 1. The topological polar surface area (TPSA) is 167 Å². The molecule has 128 valence electrons. The van der Waals surface area contributed by atoms with Gasteiger partial charge in [0, 0.05) is 25.9 Å². The van der Waals surface area contributed by atoms with E-state index in [1.165, 1.54) is 11.9 Å². The summed E-state index contributed by atoms with van der Waals surface area (Å²) >= 11 is 0. The van der Waals surface area contributed by atoms with E-state index < -0.39 is 24.0 Å². The van der Waals surface area contributed by atoms with Crippen LogP contribution in [0.5, 0.6) is 0 Å². The van der Waals surface area contributed by atoms with Crippen molar-refractivity contribution in [1.29, 1.82) is 5.26 Å².